The van der Waals surface area contributed by atoms with E-state index in [4.69, 9.17) is 9.47 Å². The van der Waals surface area contributed by atoms with Gasteiger partial charge < -0.3 is 9.47 Å². The second-order valence-corrected chi connectivity index (χ2v) is 6.95. The van der Waals surface area contributed by atoms with Gasteiger partial charge in [0.05, 0.1) is 24.7 Å². The van der Waals surface area contributed by atoms with Gasteiger partial charge in [-0.3, -0.25) is 4.31 Å². The third-order valence-corrected chi connectivity index (χ3v) is 5.34. The van der Waals surface area contributed by atoms with Crippen molar-refractivity contribution in [1.29, 1.82) is 0 Å². The average molecular weight is 299 g/mol. The van der Waals surface area contributed by atoms with Crippen molar-refractivity contribution < 1.29 is 17.9 Å². The summed E-state index contributed by atoms with van der Waals surface area (Å²) in [5.41, 5.74) is 0.547. The molecule has 20 heavy (non-hydrogen) atoms. The molecule has 2 rings (SSSR count). The summed E-state index contributed by atoms with van der Waals surface area (Å²) in [6.07, 6.45) is 2.64. The lowest BCUT2D eigenvalue weighted by molar-refractivity contribution is 0.0305. The molecule has 0 radical (unpaired) electrons. The Morgan fingerprint density at radius 2 is 2.10 bits per heavy atom. The van der Waals surface area contributed by atoms with Crippen LogP contribution >= 0.6 is 0 Å². The van der Waals surface area contributed by atoms with Crippen LogP contribution in [0.2, 0.25) is 0 Å². The molecule has 0 amide bonds. The first-order valence-electron chi connectivity index (χ1n) is 6.76. The molecule has 0 N–H and O–H groups in total. The Morgan fingerprint density at radius 1 is 1.35 bits per heavy atom. The molecule has 1 atom stereocenters. The zero-order valence-electron chi connectivity index (χ0n) is 11.9. The second kappa shape index (κ2) is 6.45. The Bertz CT molecular complexity index is 538. The van der Waals surface area contributed by atoms with Gasteiger partial charge in [-0.15, -0.1) is 0 Å². The van der Waals surface area contributed by atoms with Crippen LogP contribution in [0.3, 0.4) is 0 Å². The summed E-state index contributed by atoms with van der Waals surface area (Å²) < 4.78 is 36.9. The highest BCUT2D eigenvalue weighted by molar-refractivity contribution is 7.92. The summed E-state index contributed by atoms with van der Waals surface area (Å²) in [6.45, 7) is 0.651. The fourth-order valence-corrected chi connectivity index (χ4v) is 3.73. The van der Waals surface area contributed by atoms with Crippen LogP contribution in [0.1, 0.15) is 19.3 Å². The SMILES string of the molecule is COc1ccccc1N(C)S(=O)(=O)C[C@@H]1CCCCO1. The Labute approximate surface area is 120 Å². The molecule has 1 aliphatic rings. The molecule has 1 fully saturated rings. The van der Waals surface area contributed by atoms with Gasteiger partial charge >= 0.3 is 0 Å². The smallest absolute Gasteiger partial charge is 0.237 e. The van der Waals surface area contributed by atoms with Crippen LogP contribution in [-0.2, 0) is 14.8 Å². The lowest BCUT2D eigenvalue weighted by Crippen LogP contribution is -2.36. The summed E-state index contributed by atoms with van der Waals surface area (Å²) >= 11 is 0. The average Bonchev–Trinajstić information content (AvgIpc) is 2.47. The summed E-state index contributed by atoms with van der Waals surface area (Å²) in [6, 6.07) is 7.09. The highest BCUT2D eigenvalue weighted by atomic mass is 32.2. The van der Waals surface area contributed by atoms with Gasteiger partial charge in [-0.1, -0.05) is 12.1 Å². The molecule has 1 saturated heterocycles. The van der Waals surface area contributed by atoms with E-state index >= 15 is 0 Å². The molecule has 0 spiro atoms. The molecule has 1 aromatic rings. The number of rotatable bonds is 5. The summed E-state index contributed by atoms with van der Waals surface area (Å²) in [7, 11) is -0.334. The van der Waals surface area contributed by atoms with Crippen molar-refractivity contribution in [1.82, 2.24) is 0 Å². The van der Waals surface area contributed by atoms with Crippen LogP contribution in [-0.4, -0.2) is 41.0 Å². The van der Waals surface area contributed by atoms with E-state index in [-0.39, 0.29) is 11.9 Å². The van der Waals surface area contributed by atoms with Crippen molar-refractivity contribution >= 4 is 15.7 Å². The minimum Gasteiger partial charge on any atom is -0.495 e. The number of hydrogen-bond acceptors (Lipinski definition) is 4. The third kappa shape index (κ3) is 3.43. The first-order valence-corrected chi connectivity index (χ1v) is 8.37. The number of ether oxygens (including phenoxy) is 2. The maximum absolute atomic E-state index is 12.5. The molecular formula is C14H21NO4S. The van der Waals surface area contributed by atoms with Gasteiger partial charge in [-0.05, 0) is 31.4 Å². The lowest BCUT2D eigenvalue weighted by atomic mass is 10.1. The van der Waals surface area contributed by atoms with E-state index in [1.54, 1.807) is 25.2 Å². The molecule has 5 nitrogen and oxygen atoms in total. The van der Waals surface area contributed by atoms with Crippen molar-refractivity contribution in [2.24, 2.45) is 0 Å². The Balaban J connectivity index is 2.15. The molecule has 1 heterocycles. The van der Waals surface area contributed by atoms with Gasteiger partial charge in [0.2, 0.25) is 10.0 Å². The van der Waals surface area contributed by atoms with Gasteiger partial charge in [0.1, 0.15) is 5.75 Å². The van der Waals surface area contributed by atoms with Crippen LogP contribution in [0.5, 0.6) is 5.75 Å². The van der Waals surface area contributed by atoms with Crippen molar-refractivity contribution in [3.8, 4) is 5.75 Å². The number of methoxy groups -OCH3 is 1. The minimum atomic E-state index is -3.42. The van der Waals surface area contributed by atoms with Crippen molar-refractivity contribution in [2.45, 2.75) is 25.4 Å². The highest BCUT2D eigenvalue weighted by Gasteiger charge is 2.27. The van der Waals surface area contributed by atoms with Crippen molar-refractivity contribution in [3.63, 3.8) is 0 Å². The van der Waals surface area contributed by atoms with E-state index in [9.17, 15) is 8.42 Å². The normalized spacial score (nSPS) is 19.6. The van der Waals surface area contributed by atoms with Gasteiger partial charge in [0.15, 0.2) is 0 Å². The zero-order valence-corrected chi connectivity index (χ0v) is 12.7. The predicted octanol–water partition coefficient (Wildman–Crippen LogP) is 2.03. The molecule has 0 saturated carbocycles. The third-order valence-electron chi connectivity index (χ3n) is 3.51. The predicted molar refractivity (Wildman–Crippen MR) is 78.8 cm³/mol. The fraction of sp³-hybridized carbons (Fsp3) is 0.571. The summed E-state index contributed by atoms with van der Waals surface area (Å²) in [5, 5.41) is 0. The Kier molecular flexibility index (Phi) is 4.88. The molecule has 0 aromatic heterocycles. The molecule has 0 aliphatic carbocycles. The summed E-state index contributed by atoms with van der Waals surface area (Å²) in [5.74, 6) is 0.560. The van der Waals surface area contributed by atoms with Crippen LogP contribution in [0, 0.1) is 0 Å². The van der Waals surface area contributed by atoms with E-state index in [0.717, 1.165) is 19.3 Å². The molecule has 1 aromatic carbocycles. The standard InChI is InChI=1S/C14H21NO4S/c1-15(13-8-3-4-9-14(13)18-2)20(16,17)11-12-7-5-6-10-19-12/h3-4,8-9,12H,5-7,10-11H2,1-2H3/t12-/m0/s1. The Morgan fingerprint density at radius 3 is 2.75 bits per heavy atom. The number of benzene rings is 1. The lowest BCUT2D eigenvalue weighted by Gasteiger charge is -2.26. The first-order chi connectivity index (χ1) is 9.54. The van der Waals surface area contributed by atoms with E-state index in [0.29, 0.717) is 18.0 Å². The minimum absolute atomic E-state index is 0.0154. The first kappa shape index (κ1) is 15.1. The van der Waals surface area contributed by atoms with E-state index in [1.807, 2.05) is 6.07 Å². The summed E-state index contributed by atoms with van der Waals surface area (Å²) in [4.78, 5) is 0. The quantitative estimate of drug-likeness (QED) is 0.835. The second-order valence-electron chi connectivity index (χ2n) is 4.91. The molecular weight excluding hydrogens is 278 g/mol. The van der Waals surface area contributed by atoms with E-state index < -0.39 is 10.0 Å². The van der Waals surface area contributed by atoms with Gasteiger partial charge in [0.25, 0.3) is 0 Å². The maximum Gasteiger partial charge on any atom is 0.237 e. The monoisotopic (exact) mass is 299 g/mol. The van der Waals surface area contributed by atoms with Gasteiger partial charge in [0, 0.05) is 13.7 Å². The fourth-order valence-electron chi connectivity index (χ4n) is 2.33. The van der Waals surface area contributed by atoms with Crippen molar-refractivity contribution in [2.75, 3.05) is 30.8 Å². The number of nitrogens with zero attached hydrogens (tertiary/aromatic N) is 1. The molecule has 6 heteroatoms. The molecule has 112 valence electrons. The topological polar surface area (TPSA) is 55.8 Å². The number of anilines is 1. The zero-order chi connectivity index (χ0) is 14.6. The maximum atomic E-state index is 12.5. The van der Waals surface area contributed by atoms with Crippen LogP contribution < -0.4 is 9.04 Å². The molecule has 1 aliphatic heterocycles. The van der Waals surface area contributed by atoms with Crippen LogP contribution in [0.15, 0.2) is 24.3 Å². The molecule has 0 unspecified atom stereocenters. The van der Waals surface area contributed by atoms with Gasteiger partial charge in [-0.2, -0.15) is 0 Å². The number of hydrogen-bond donors (Lipinski definition) is 0. The Hall–Kier alpha value is -1.27. The van der Waals surface area contributed by atoms with Crippen LogP contribution in [0.4, 0.5) is 5.69 Å². The highest BCUT2D eigenvalue weighted by Crippen LogP contribution is 2.29. The molecule has 0 bridgehead atoms. The van der Waals surface area contributed by atoms with Gasteiger partial charge in [-0.25, -0.2) is 8.42 Å². The van der Waals surface area contributed by atoms with Crippen molar-refractivity contribution in [3.05, 3.63) is 24.3 Å². The number of sulfonamides is 1. The van der Waals surface area contributed by atoms with E-state index in [1.165, 1.54) is 11.4 Å². The number of para-hydroxylation sites is 2. The van der Waals surface area contributed by atoms with Crippen LogP contribution in [0.25, 0.3) is 0 Å². The largest absolute Gasteiger partial charge is 0.495 e. The van der Waals surface area contributed by atoms with E-state index in [2.05, 4.69) is 0 Å².